The Kier molecular flexibility index (Phi) is 4.18. The molecule has 0 unspecified atom stereocenters. The van der Waals surface area contributed by atoms with Crippen LogP contribution in [0.25, 0.3) is 0 Å². The minimum atomic E-state index is 0.590. The van der Waals surface area contributed by atoms with Gasteiger partial charge in [0, 0.05) is 50.5 Å². The summed E-state index contributed by atoms with van der Waals surface area (Å²) >= 11 is 0. The Morgan fingerprint density at radius 2 is 1.88 bits per heavy atom. The number of hydrogen-bond acceptors (Lipinski definition) is 6. The van der Waals surface area contributed by atoms with Gasteiger partial charge in [0.25, 0.3) is 0 Å². The zero-order valence-corrected chi connectivity index (χ0v) is 14.5. The van der Waals surface area contributed by atoms with Crippen LogP contribution in [0.15, 0.2) is 18.6 Å². The number of aryl methyl sites for hydroxylation is 2. The second-order valence-electron chi connectivity index (χ2n) is 7.01. The third kappa shape index (κ3) is 3.26. The highest BCUT2D eigenvalue weighted by Crippen LogP contribution is 2.35. The lowest BCUT2D eigenvalue weighted by Gasteiger charge is -2.39. The fourth-order valence-corrected chi connectivity index (χ4v) is 3.65. The molecule has 1 saturated carbocycles. The largest absolute Gasteiger partial charge is 0.350 e. The van der Waals surface area contributed by atoms with Crippen LogP contribution in [-0.2, 0) is 13.6 Å². The van der Waals surface area contributed by atoms with E-state index in [2.05, 4.69) is 36.1 Å². The number of rotatable bonds is 5. The molecule has 1 saturated heterocycles. The van der Waals surface area contributed by atoms with Crippen LogP contribution in [0.5, 0.6) is 0 Å². The smallest absolute Gasteiger partial charge is 0.132 e. The summed E-state index contributed by atoms with van der Waals surface area (Å²) in [6.07, 6.45) is 8.53. The second kappa shape index (κ2) is 6.47. The summed E-state index contributed by atoms with van der Waals surface area (Å²) in [7, 11) is 1.96. The Labute approximate surface area is 142 Å². The molecule has 3 heterocycles. The molecule has 7 nitrogen and oxygen atoms in total. The highest BCUT2D eigenvalue weighted by atomic mass is 15.4. The molecular weight excluding hydrogens is 302 g/mol. The van der Waals surface area contributed by atoms with E-state index < -0.39 is 0 Å². The molecule has 2 aliphatic rings. The predicted octanol–water partition coefficient (Wildman–Crippen LogP) is 1.55. The molecule has 7 heteroatoms. The third-order valence-corrected chi connectivity index (χ3v) is 5.14. The van der Waals surface area contributed by atoms with E-state index in [1.165, 1.54) is 31.4 Å². The van der Waals surface area contributed by atoms with Crippen molar-refractivity contribution in [3.05, 3.63) is 30.0 Å². The Morgan fingerprint density at radius 3 is 2.50 bits per heavy atom. The second-order valence-corrected chi connectivity index (χ2v) is 7.01. The first kappa shape index (κ1) is 15.5. The van der Waals surface area contributed by atoms with Crippen molar-refractivity contribution < 1.29 is 0 Å². The SMILES string of the molecule is Cc1cc(N(C2CC2)C2CCN(Cc3cnnn3C)CC2)ncn1. The molecule has 1 aliphatic heterocycles. The van der Waals surface area contributed by atoms with Crippen molar-refractivity contribution in [2.24, 2.45) is 7.05 Å². The van der Waals surface area contributed by atoms with Crippen LogP contribution in [0.1, 0.15) is 37.1 Å². The van der Waals surface area contributed by atoms with Gasteiger partial charge in [0.15, 0.2) is 0 Å². The van der Waals surface area contributed by atoms with Crippen LogP contribution in [-0.4, -0.2) is 55.0 Å². The molecule has 24 heavy (non-hydrogen) atoms. The number of likely N-dealkylation sites (tertiary alicyclic amines) is 1. The average molecular weight is 327 g/mol. The van der Waals surface area contributed by atoms with E-state index in [1.807, 2.05) is 24.9 Å². The summed E-state index contributed by atoms with van der Waals surface area (Å²) in [5.74, 6) is 1.11. The standard InChI is InChI=1S/C17H25N7/c1-13-9-17(19-12-18-13)24(14-3-4-14)15-5-7-23(8-6-15)11-16-10-20-21-22(16)2/h9-10,12,14-15H,3-8,11H2,1-2H3. The average Bonchev–Trinajstić information content (AvgIpc) is 3.33. The molecule has 0 aromatic carbocycles. The maximum Gasteiger partial charge on any atom is 0.132 e. The Bertz CT molecular complexity index is 686. The lowest BCUT2D eigenvalue weighted by atomic mass is 10.0. The summed E-state index contributed by atoms with van der Waals surface area (Å²) in [5.41, 5.74) is 2.23. The first-order valence-corrected chi connectivity index (χ1v) is 8.83. The number of nitrogens with zero attached hydrogens (tertiary/aromatic N) is 7. The van der Waals surface area contributed by atoms with Gasteiger partial charge in [-0.2, -0.15) is 0 Å². The first-order valence-electron chi connectivity index (χ1n) is 8.83. The van der Waals surface area contributed by atoms with Gasteiger partial charge >= 0.3 is 0 Å². The summed E-state index contributed by atoms with van der Waals surface area (Å²) < 4.78 is 1.87. The minimum absolute atomic E-state index is 0.590. The van der Waals surface area contributed by atoms with Crippen LogP contribution >= 0.6 is 0 Å². The lowest BCUT2D eigenvalue weighted by Crippen LogP contribution is -2.46. The van der Waals surface area contributed by atoms with Gasteiger partial charge < -0.3 is 4.90 Å². The molecule has 2 aromatic heterocycles. The Morgan fingerprint density at radius 1 is 1.12 bits per heavy atom. The lowest BCUT2D eigenvalue weighted by molar-refractivity contribution is 0.196. The molecule has 0 radical (unpaired) electrons. The number of hydrogen-bond donors (Lipinski definition) is 0. The van der Waals surface area contributed by atoms with Crippen molar-refractivity contribution in [1.82, 2.24) is 29.9 Å². The monoisotopic (exact) mass is 327 g/mol. The predicted molar refractivity (Wildman–Crippen MR) is 91.6 cm³/mol. The molecule has 128 valence electrons. The molecule has 4 rings (SSSR count). The maximum atomic E-state index is 4.55. The fourth-order valence-electron chi connectivity index (χ4n) is 3.65. The summed E-state index contributed by atoms with van der Waals surface area (Å²) in [6, 6.07) is 3.40. The van der Waals surface area contributed by atoms with Crippen LogP contribution < -0.4 is 4.90 Å². The summed E-state index contributed by atoms with van der Waals surface area (Å²) in [4.78, 5) is 13.9. The van der Waals surface area contributed by atoms with E-state index in [0.717, 1.165) is 31.1 Å². The van der Waals surface area contributed by atoms with Crippen molar-refractivity contribution >= 4 is 5.82 Å². The number of piperidine rings is 1. The van der Waals surface area contributed by atoms with E-state index in [-0.39, 0.29) is 0 Å². The van der Waals surface area contributed by atoms with Crippen LogP contribution in [0.3, 0.4) is 0 Å². The van der Waals surface area contributed by atoms with Crippen molar-refractivity contribution in [3.63, 3.8) is 0 Å². The van der Waals surface area contributed by atoms with Gasteiger partial charge in [0.2, 0.25) is 0 Å². The van der Waals surface area contributed by atoms with Gasteiger partial charge in [0.05, 0.1) is 11.9 Å². The van der Waals surface area contributed by atoms with E-state index in [9.17, 15) is 0 Å². The zero-order chi connectivity index (χ0) is 16.5. The van der Waals surface area contributed by atoms with Gasteiger partial charge in [-0.05, 0) is 32.6 Å². The van der Waals surface area contributed by atoms with E-state index in [4.69, 9.17) is 0 Å². The third-order valence-electron chi connectivity index (χ3n) is 5.14. The summed E-state index contributed by atoms with van der Waals surface area (Å²) in [6.45, 7) is 5.21. The van der Waals surface area contributed by atoms with Crippen molar-refractivity contribution in [1.29, 1.82) is 0 Å². The highest BCUT2D eigenvalue weighted by Gasteiger charge is 2.36. The Hall–Kier alpha value is -2.02. The van der Waals surface area contributed by atoms with Crippen LogP contribution in [0.4, 0.5) is 5.82 Å². The van der Waals surface area contributed by atoms with Crippen molar-refractivity contribution in [2.75, 3.05) is 18.0 Å². The van der Waals surface area contributed by atoms with E-state index >= 15 is 0 Å². The fraction of sp³-hybridized carbons (Fsp3) is 0.647. The highest BCUT2D eigenvalue weighted by molar-refractivity contribution is 5.43. The van der Waals surface area contributed by atoms with Crippen LogP contribution in [0.2, 0.25) is 0 Å². The number of aromatic nitrogens is 5. The first-order chi connectivity index (χ1) is 11.7. The quantitative estimate of drug-likeness (QED) is 0.830. The maximum absolute atomic E-state index is 4.55. The van der Waals surface area contributed by atoms with Crippen LogP contribution in [0, 0.1) is 6.92 Å². The van der Waals surface area contributed by atoms with E-state index in [0.29, 0.717) is 12.1 Å². The molecular formula is C17H25N7. The normalized spacial score (nSPS) is 19.6. The number of anilines is 1. The van der Waals surface area contributed by atoms with Gasteiger partial charge in [0.1, 0.15) is 12.1 Å². The van der Waals surface area contributed by atoms with Gasteiger partial charge in [-0.15, -0.1) is 5.10 Å². The van der Waals surface area contributed by atoms with Crippen molar-refractivity contribution in [3.8, 4) is 0 Å². The molecule has 0 spiro atoms. The molecule has 0 N–H and O–H groups in total. The molecule has 0 bridgehead atoms. The molecule has 0 amide bonds. The van der Waals surface area contributed by atoms with Gasteiger partial charge in [-0.25, -0.2) is 9.97 Å². The zero-order valence-electron chi connectivity index (χ0n) is 14.5. The Balaban J connectivity index is 1.41. The van der Waals surface area contributed by atoms with Gasteiger partial charge in [-0.3, -0.25) is 9.58 Å². The van der Waals surface area contributed by atoms with Crippen molar-refractivity contribution in [2.45, 2.75) is 51.2 Å². The molecule has 2 aromatic rings. The molecule has 2 fully saturated rings. The van der Waals surface area contributed by atoms with E-state index in [1.54, 1.807) is 6.33 Å². The molecule has 0 atom stereocenters. The minimum Gasteiger partial charge on any atom is -0.350 e. The van der Waals surface area contributed by atoms with Gasteiger partial charge in [-0.1, -0.05) is 5.21 Å². The topological polar surface area (TPSA) is 63.0 Å². The summed E-state index contributed by atoms with van der Waals surface area (Å²) in [5, 5.41) is 8.00. The molecule has 1 aliphatic carbocycles.